The van der Waals surface area contributed by atoms with Gasteiger partial charge in [0.25, 0.3) is 5.76 Å². The number of hydrogen-bond donors (Lipinski definition) is 1. The molecule has 0 amide bonds. The van der Waals surface area contributed by atoms with Crippen LogP contribution in [0.4, 0.5) is 8.78 Å². The number of benzene rings is 1. The van der Waals surface area contributed by atoms with Crippen molar-refractivity contribution in [2.45, 2.75) is 36.1 Å². The molecule has 1 heterocycles. The standard InChI is InChI=1S/C13H17F2NO2S2/c1-9(16-11-6-7-20(17,18)8-11)10-2-4-12(5-3-10)19-13(14)15/h2-5,9,11,13,16H,6-8H2,1H3/t9-,11+/m0/s1. The van der Waals surface area contributed by atoms with Gasteiger partial charge in [-0.05, 0) is 31.0 Å². The van der Waals surface area contributed by atoms with Gasteiger partial charge in [0.1, 0.15) is 0 Å². The fraction of sp³-hybridized carbons (Fsp3) is 0.538. The summed E-state index contributed by atoms with van der Waals surface area (Å²) in [4.78, 5) is 0.527. The van der Waals surface area contributed by atoms with Crippen LogP contribution in [-0.2, 0) is 9.84 Å². The molecule has 0 aromatic heterocycles. The Morgan fingerprint density at radius 3 is 2.45 bits per heavy atom. The van der Waals surface area contributed by atoms with E-state index in [1.165, 1.54) is 0 Å². The van der Waals surface area contributed by atoms with Crippen LogP contribution in [0.5, 0.6) is 0 Å². The fourth-order valence-corrected chi connectivity index (χ4v) is 4.50. The summed E-state index contributed by atoms with van der Waals surface area (Å²) < 4.78 is 47.2. The molecule has 1 aromatic carbocycles. The van der Waals surface area contributed by atoms with Crippen LogP contribution in [0.3, 0.4) is 0 Å². The van der Waals surface area contributed by atoms with E-state index in [0.717, 1.165) is 5.56 Å². The number of rotatable bonds is 5. The molecule has 1 aromatic rings. The molecule has 0 unspecified atom stereocenters. The molecule has 112 valence electrons. The summed E-state index contributed by atoms with van der Waals surface area (Å²) in [5, 5.41) is 3.28. The van der Waals surface area contributed by atoms with Crippen LogP contribution >= 0.6 is 11.8 Å². The van der Waals surface area contributed by atoms with Gasteiger partial charge < -0.3 is 5.32 Å². The second kappa shape index (κ2) is 6.41. The smallest absolute Gasteiger partial charge is 0.288 e. The minimum absolute atomic E-state index is 0.00102. The zero-order valence-electron chi connectivity index (χ0n) is 11.1. The van der Waals surface area contributed by atoms with Gasteiger partial charge in [0, 0.05) is 17.0 Å². The van der Waals surface area contributed by atoms with Gasteiger partial charge in [-0.25, -0.2) is 8.42 Å². The van der Waals surface area contributed by atoms with E-state index in [-0.39, 0.29) is 23.6 Å². The zero-order valence-corrected chi connectivity index (χ0v) is 12.7. The van der Waals surface area contributed by atoms with Crippen LogP contribution in [0.2, 0.25) is 0 Å². The Hall–Kier alpha value is -0.660. The second-order valence-electron chi connectivity index (χ2n) is 4.94. The molecule has 0 spiro atoms. The first-order valence-electron chi connectivity index (χ1n) is 6.37. The second-order valence-corrected chi connectivity index (χ2v) is 8.23. The van der Waals surface area contributed by atoms with Crippen LogP contribution in [0.25, 0.3) is 0 Å². The highest BCUT2D eigenvalue weighted by atomic mass is 32.2. The number of hydrogen-bond acceptors (Lipinski definition) is 4. The largest absolute Gasteiger partial charge is 0.306 e. The van der Waals surface area contributed by atoms with Crippen molar-refractivity contribution in [3.8, 4) is 0 Å². The van der Waals surface area contributed by atoms with Gasteiger partial charge in [0.05, 0.1) is 11.5 Å². The van der Waals surface area contributed by atoms with E-state index in [2.05, 4.69) is 5.32 Å². The summed E-state index contributed by atoms with van der Waals surface area (Å²) in [6, 6.07) is 6.90. The Morgan fingerprint density at radius 1 is 1.30 bits per heavy atom. The molecule has 3 nitrogen and oxygen atoms in total. The Bertz CT molecular complexity index is 546. The fourth-order valence-electron chi connectivity index (χ4n) is 2.31. The van der Waals surface area contributed by atoms with Gasteiger partial charge in [0.2, 0.25) is 0 Å². The highest BCUT2D eigenvalue weighted by Gasteiger charge is 2.28. The SMILES string of the molecule is C[C@H](N[C@@H]1CCS(=O)(=O)C1)c1ccc(SC(F)F)cc1. The average molecular weight is 321 g/mol. The molecule has 1 aliphatic rings. The Kier molecular flexibility index (Phi) is 5.04. The summed E-state index contributed by atoms with van der Waals surface area (Å²) in [6.07, 6.45) is 0.631. The molecular formula is C13H17F2NO2S2. The van der Waals surface area contributed by atoms with Crippen LogP contribution in [0.15, 0.2) is 29.2 Å². The maximum Gasteiger partial charge on any atom is 0.288 e. The highest BCUT2D eigenvalue weighted by molar-refractivity contribution is 7.99. The molecule has 1 saturated heterocycles. The van der Waals surface area contributed by atoms with Gasteiger partial charge in [-0.2, -0.15) is 8.78 Å². The summed E-state index contributed by atoms with van der Waals surface area (Å²) in [7, 11) is -2.89. The summed E-state index contributed by atoms with van der Waals surface area (Å²) >= 11 is 0.518. The minimum Gasteiger partial charge on any atom is -0.306 e. The maximum atomic E-state index is 12.2. The third-order valence-corrected chi connectivity index (χ3v) is 5.81. The molecule has 7 heteroatoms. The van der Waals surface area contributed by atoms with E-state index in [1.807, 2.05) is 6.92 Å². The Balaban J connectivity index is 1.94. The first-order chi connectivity index (χ1) is 9.35. The molecule has 0 aliphatic carbocycles. The predicted molar refractivity (Wildman–Crippen MR) is 76.9 cm³/mol. The lowest BCUT2D eigenvalue weighted by molar-refractivity contribution is 0.252. The molecular weight excluding hydrogens is 304 g/mol. The average Bonchev–Trinajstić information content (AvgIpc) is 2.68. The molecule has 2 atom stereocenters. The Morgan fingerprint density at radius 2 is 1.95 bits per heavy atom. The molecule has 20 heavy (non-hydrogen) atoms. The molecule has 0 bridgehead atoms. The van der Waals surface area contributed by atoms with Crippen molar-refractivity contribution >= 4 is 21.6 Å². The monoisotopic (exact) mass is 321 g/mol. The van der Waals surface area contributed by atoms with Crippen molar-refractivity contribution in [1.29, 1.82) is 0 Å². The van der Waals surface area contributed by atoms with Crippen molar-refractivity contribution in [3.05, 3.63) is 29.8 Å². The molecule has 1 aliphatic heterocycles. The molecule has 1 fully saturated rings. The van der Waals surface area contributed by atoms with Gasteiger partial charge in [-0.15, -0.1) is 0 Å². The van der Waals surface area contributed by atoms with Crippen molar-refractivity contribution in [2.75, 3.05) is 11.5 Å². The van der Waals surface area contributed by atoms with Crippen molar-refractivity contribution in [1.82, 2.24) is 5.32 Å². The van der Waals surface area contributed by atoms with E-state index >= 15 is 0 Å². The van der Waals surface area contributed by atoms with Crippen LogP contribution in [-0.4, -0.2) is 31.7 Å². The number of thioether (sulfide) groups is 1. The van der Waals surface area contributed by atoms with Crippen molar-refractivity contribution < 1.29 is 17.2 Å². The molecule has 2 rings (SSSR count). The third kappa shape index (κ3) is 4.43. The topological polar surface area (TPSA) is 46.2 Å². The van der Waals surface area contributed by atoms with E-state index in [9.17, 15) is 17.2 Å². The molecule has 0 saturated carbocycles. The maximum absolute atomic E-state index is 12.2. The van der Waals surface area contributed by atoms with Gasteiger partial charge in [-0.3, -0.25) is 0 Å². The van der Waals surface area contributed by atoms with Crippen LogP contribution < -0.4 is 5.32 Å². The quantitative estimate of drug-likeness (QED) is 0.847. The van der Waals surface area contributed by atoms with Gasteiger partial charge >= 0.3 is 0 Å². The van der Waals surface area contributed by atoms with Crippen LogP contribution in [0, 0.1) is 0 Å². The summed E-state index contributed by atoms with van der Waals surface area (Å²) in [6.45, 7) is 1.94. The van der Waals surface area contributed by atoms with Crippen molar-refractivity contribution in [2.24, 2.45) is 0 Å². The summed E-state index contributed by atoms with van der Waals surface area (Å²) in [5.74, 6) is -2.00. The van der Waals surface area contributed by atoms with E-state index in [4.69, 9.17) is 0 Å². The van der Waals surface area contributed by atoms with Gasteiger partial charge in [-0.1, -0.05) is 23.9 Å². The summed E-state index contributed by atoms with van der Waals surface area (Å²) in [5.41, 5.74) is 0.966. The van der Waals surface area contributed by atoms with E-state index in [1.54, 1.807) is 24.3 Å². The van der Waals surface area contributed by atoms with E-state index < -0.39 is 15.6 Å². The lowest BCUT2D eigenvalue weighted by Crippen LogP contribution is -2.32. The third-order valence-electron chi connectivity index (χ3n) is 3.32. The number of alkyl halides is 2. The number of halogens is 2. The first kappa shape index (κ1) is 15.7. The molecule has 0 radical (unpaired) electrons. The Labute approximate surface area is 122 Å². The lowest BCUT2D eigenvalue weighted by atomic mass is 10.1. The minimum atomic E-state index is -2.89. The first-order valence-corrected chi connectivity index (χ1v) is 9.07. The molecule has 1 N–H and O–H groups in total. The van der Waals surface area contributed by atoms with Crippen LogP contribution in [0.1, 0.15) is 24.9 Å². The highest BCUT2D eigenvalue weighted by Crippen LogP contribution is 2.26. The van der Waals surface area contributed by atoms with E-state index in [0.29, 0.717) is 23.1 Å². The lowest BCUT2D eigenvalue weighted by Gasteiger charge is -2.19. The van der Waals surface area contributed by atoms with Gasteiger partial charge in [0.15, 0.2) is 9.84 Å². The van der Waals surface area contributed by atoms with Crippen molar-refractivity contribution in [3.63, 3.8) is 0 Å². The predicted octanol–water partition coefficient (Wildman–Crippen LogP) is 2.84. The number of sulfone groups is 1. The zero-order chi connectivity index (χ0) is 14.8. The number of nitrogens with one attached hydrogen (secondary N) is 1. The normalized spacial score (nSPS) is 23.1.